The molecule has 1 unspecified atom stereocenters. The van der Waals surface area contributed by atoms with Gasteiger partial charge in [-0.1, -0.05) is 20.8 Å². The molecule has 1 heterocycles. The lowest BCUT2D eigenvalue weighted by atomic mass is 9.96. The maximum atomic E-state index is 5.28. The van der Waals surface area contributed by atoms with Crippen molar-refractivity contribution in [2.75, 3.05) is 38.9 Å². The standard InChI is InChI=1S/C15H26BrN3O2/c1-11(10-21-6)19(7-8-20-5)13-9-12(16)17-14(18-13)15(2,3)4/h9,11H,7-8,10H2,1-6H3. The highest BCUT2D eigenvalue weighted by molar-refractivity contribution is 9.10. The first-order chi connectivity index (χ1) is 9.79. The van der Waals surface area contributed by atoms with E-state index in [1.54, 1.807) is 14.2 Å². The molecule has 1 atom stereocenters. The second kappa shape index (κ2) is 8.06. The maximum absolute atomic E-state index is 5.28. The lowest BCUT2D eigenvalue weighted by Crippen LogP contribution is -2.39. The van der Waals surface area contributed by atoms with Crippen LogP contribution in [0.4, 0.5) is 5.82 Å². The number of hydrogen-bond acceptors (Lipinski definition) is 5. The quantitative estimate of drug-likeness (QED) is 0.700. The van der Waals surface area contributed by atoms with Gasteiger partial charge >= 0.3 is 0 Å². The zero-order valence-corrected chi connectivity index (χ0v) is 15.4. The molecule has 0 amide bonds. The Kier molecular flexibility index (Phi) is 7.03. The molecule has 120 valence electrons. The summed E-state index contributed by atoms with van der Waals surface area (Å²) < 4.78 is 11.3. The Balaban J connectivity index is 3.14. The van der Waals surface area contributed by atoms with E-state index in [9.17, 15) is 0 Å². The fraction of sp³-hybridized carbons (Fsp3) is 0.733. The first kappa shape index (κ1) is 18.3. The Morgan fingerprint density at radius 2 is 1.90 bits per heavy atom. The normalized spacial score (nSPS) is 13.3. The molecule has 0 aliphatic heterocycles. The number of anilines is 1. The molecule has 0 saturated carbocycles. The van der Waals surface area contributed by atoms with Crippen molar-refractivity contribution < 1.29 is 9.47 Å². The molecule has 0 N–H and O–H groups in total. The van der Waals surface area contributed by atoms with E-state index >= 15 is 0 Å². The van der Waals surface area contributed by atoms with Crippen LogP contribution < -0.4 is 4.90 Å². The molecule has 0 radical (unpaired) electrons. The zero-order chi connectivity index (χ0) is 16.0. The molecule has 6 heteroatoms. The molecule has 5 nitrogen and oxygen atoms in total. The van der Waals surface area contributed by atoms with E-state index in [1.807, 2.05) is 6.07 Å². The summed E-state index contributed by atoms with van der Waals surface area (Å²) in [6.45, 7) is 10.5. The Morgan fingerprint density at radius 1 is 1.24 bits per heavy atom. The Bertz CT molecular complexity index is 449. The van der Waals surface area contributed by atoms with Crippen LogP contribution in [0.1, 0.15) is 33.5 Å². The zero-order valence-electron chi connectivity index (χ0n) is 13.8. The maximum Gasteiger partial charge on any atom is 0.137 e. The minimum Gasteiger partial charge on any atom is -0.383 e. The number of halogens is 1. The van der Waals surface area contributed by atoms with E-state index in [0.29, 0.717) is 13.2 Å². The van der Waals surface area contributed by atoms with Crippen LogP contribution in [-0.2, 0) is 14.9 Å². The average Bonchev–Trinajstić information content (AvgIpc) is 2.38. The predicted octanol–water partition coefficient (Wildman–Crippen LogP) is 3.02. The summed E-state index contributed by atoms with van der Waals surface area (Å²) in [5.74, 6) is 1.71. The molecule has 0 saturated heterocycles. The SMILES string of the molecule is COCCN(c1cc(Br)nc(C(C)(C)C)n1)C(C)COC. The fourth-order valence-corrected chi connectivity index (χ4v) is 2.34. The highest BCUT2D eigenvalue weighted by atomic mass is 79.9. The van der Waals surface area contributed by atoms with E-state index in [0.717, 1.165) is 22.8 Å². The molecular weight excluding hydrogens is 334 g/mol. The highest BCUT2D eigenvalue weighted by Crippen LogP contribution is 2.25. The molecule has 1 aromatic rings. The van der Waals surface area contributed by atoms with Crippen molar-refractivity contribution >= 4 is 21.7 Å². The van der Waals surface area contributed by atoms with Gasteiger partial charge in [0, 0.05) is 32.2 Å². The van der Waals surface area contributed by atoms with Crippen LogP contribution in [0, 0.1) is 0 Å². The van der Waals surface area contributed by atoms with Gasteiger partial charge in [-0.05, 0) is 22.9 Å². The first-order valence-electron chi connectivity index (χ1n) is 7.09. The van der Waals surface area contributed by atoms with Crippen molar-refractivity contribution in [3.63, 3.8) is 0 Å². The summed E-state index contributed by atoms with van der Waals surface area (Å²) in [5, 5.41) is 0. The van der Waals surface area contributed by atoms with E-state index in [2.05, 4.69) is 53.5 Å². The second-order valence-electron chi connectivity index (χ2n) is 6.11. The Labute approximate surface area is 136 Å². The van der Waals surface area contributed by atoms with Gasteiger partial charge in [-0.25, -0.2) is 9.97 Å². The summed E-state index contributed by atoms with van der Waals surface area (Å²) in [6.07, 6.45) is 0. The Morgan fingerprint density at radius 3 is 2.43 bits per heavy atom. The van der Waals surface area contributed by atoms with Crippen LogP contribution in [0.5, 0.6) is 0 Å². The summed E-state index contributed by atoms with van der Waals surface area (Å²) >= 11 is 3.49. The lowest BCUT2D eigenvalue weighted by Gasteiger charge is -2.31. The molecule has 1 aromatic heterocycles. The van der Waals surface area contributed by atoms with Crippen molar-refractivity contribution in [1.29, 1.82) is 0 Å². The number of nitrogens with zero attached hydrogens (tertiary/aromatic N) is 3. The van der Waals surface area contributed by atoms with Crippen molar-refractivity contribution in [2.45, 2.75) is 39.2 Å². The third kappa shape index (κ3) is 5.52. The van der Waals surface area contributed by atoms with Crippen molar-refractivity contribution in [3.8, 4) is 0 Å². The van der Waals surface area contributed by atoms with Crippen LogP contribution in [0.2, 0.25) is 0 Å². The number of methoxy groups -OCH3 is 2. The molecule has 21 heavy (non-hydrogen) atoms. The summed E-state index contributed by atoms with van der Waals surface area (Å²) in [7, 11) is 3.41. The van der Waals surface area contributed by atoms with E-state index in [-0.39, 0.29) is 11.5 Å². The van der Waals surface area contributed by atoms with Crippen molar-refractivity contribution in [3.05, 3.63) is 16.5 Å². The van der Waals surface area contributed by atoms with Crippen LogP contribution in [0.25, 0.3) is 0 Å². The van der Waals surface area contributed by atoms with Crippen LogP contribution >= 0.6 is 15.9 Å². The number of ether oxygens (including phenoxy) is 2. The molecule has 0 bridgehead atoms. The second-order valence-corrected chi connectivity index (χ2v) is 6.93. The van der Waals surface area contributed by atoms with Crippen LogP contribution in [-0.4, -0.2) is 50.0 Å². The minimum atomic E-state index is -0.101. The number of rotatable bonds is 7. The molecule has 1 rings (SSSR count). The smallest absolute Gasteiger partial charge is 0.137 e. The van der Waals surface area contributed by atoms with Gasteiger partial charge in [0.05, 0.1) is 19.3 Å². The van der Waals surface area contributed by atoms with Gasteiger partial charge in [-0.3, -0.25) is 0 Å². The van der Waals surface area contributed by atoms with Crippen molar-refractivity contribution in [2.24, 2.45) is 0 Å². The van der Waals surface area contributed by atoms with Gasteiger partial charge in [-0.15, -0.1) is 0 Å². The molecular formula is C15H26BrN3O2. The van der Waals surface area contributed by atoms with Crippen molar-refractivity contribution in [1.82, 2.24) is 9.97 Å². The molecule has 0 spiro atoms. The predicted molar refractivity (Wildman–Crippen MR) is 89.0 cm³/mol. The summed E-state index contributed by atoms with van der Waals surface area (Å²) in [5.41, 5.74) is -0.101. The van der Waals surface area contributed by atoms with Gasteiger partial charge in [0.15, 0.2) is 0 Å². The van der Waals surface area contributed by atoms with E-state index < -0.39 is 0 Å². The van der Waals surface area contributed by atoms with Gasteiger partial charge in [0.2, 0.25) is 0 Å². The lowest BCUT2D eigenvalue weighted by molar-refractivity contribution is 0.170. The van der Waals surface area contributed by atoms with Gasteiger partial charge < -0.3 is 14.4 Å². The first-order valence-corrected chi connectivity index (χ1v) is 7.88. The third-order valence-electron chi connectivity index (χ3n) is 3.12. The molecule has 0 aliphatic carbocycles. The van der Waals surface area contributed by atoms with Gasteiger partial charge in [0.25, 0.3) is 0 Å². The highest BCUT2D eigenvalue weighted by Gasteiger charge is 2.22. The van der Waals surface area contributed by atoms with E-state index in [4.69, 9.17) is 14.5 Å². The van der Waals surface area contributed by atoms with Gasteiger partial charge in [-0.2, -0.15) is 0 Å². The largest absolute Gasteiger partial charge is 0.383 e. The van der Waals surface area contributed by atoms with Gasteiger partial charge in [0.1, 0.15) is 16.2 Å². The fourth-order valence-electron chi connectivity index (χ4n) is 1.97. The Hall–Kier alpha value is -0.720. The minimum absolute atomic E-state index is 0.101. The monoisotopic (exact) mass is 359 g/mol. The van der Waals surface area contributed by atoms with E-state index in [1.165, 1.54) is 0 Å². The number of hydrogen-bond donors (Lipinski definition) is 0. The molecule has 0 fully saturated rings. The summed E-state index contributed by atoms with van der Waals surface area (Å²) in [4.78, 5) is 11.4. The van der Waals surface area contributed by atoms with Crippen LogP contribution in [0.15, 0.2) is 10.7 Å². The topological polar surface area (TPSA) is 47.5 Å². The number of aromatic nitrogens is 2. The average molecular weight is 360 g/mol. The molecule has 0 aromatic carbocycles. The third-order valence-corrected chi connectivity index (χ3v) is 3.53. The summed E-state index contributed by atoms with van der Waals surface area (Å²) in [6, 6.07) is 2.15. The van der Waals surface area contributed by atoms with Crippen LogP contribution in [0.3, 0.4) is 0 Å². The molecule has 0 aliphatic rings.